The summed E-state index contributed by atoms with van der Waals surface area (Å²) in [5.41, 5.74) is 8.81. The van der Waals surface area contributed by atoms with Crippen LogP contribution in [0.15, 0.2) is 61.2 Å². The van der Waals surface area contributed by atoms with Gasteiger partial charge in [0.2, 0.25) is 5.91 Å². The second kappa shape index (κ2) is 8.30. The number of aryl methyl sites for hydroxylation is 1. The average molecular weight is 405 g/mol. The topological polar surface area (TPSA) is 106 Å². The maximum absolute atomic E-state index is 14.7. The van der Waals surface area contributed by atoms with Crippen LogP contribution in [0.2, 0.25) is 0 Å². The van der Waals surface area contributed by atoms with Gasteiger partial charge in [0.05, 0.1) is 11.4 Å². The van der Waals surface area contributed by atoms with Gasteiger partial charge in [-0.3, -0.25) is 9.78 Å². The van der Waals surface area contributed by atoms with Crippen LogP contribution in [0.4, 0.5) is 10.1 Å². The normalized spacial score (nSPS) is 12.0. The predicted octanol–water partition coefficient (Wildman–Crippen LogP) is 3.71. The van der Waals surface area contributed by atoms with Crippen LogP contribution in [0.25, 0.3) is 11.0 Å². The first kappa shape index (κ1) is 19.5. The summed E-state index contributed by atoms with van der Waals surface area (Å²) in [6.07, 6.45) is 6.74. The van der Waals surface area contributed by atoms with E-state index in [9.17, 15) is 9.18 Å². The predicted molar refractivity (Wildman–Crippen MR) is 112 cm³/mol. The number of amides is 1. The van der Waals surface area contributed by atoms with Gasteiger partial charge in [0.15, 0.2) is 11.6 Å². The first-order valence-electron chi connectivity index (χ1n) is 9.36. The smallest absolute Gasteiger partial charge is 0.241 e. The van der Waals surface area contributed by atoms with E-state index in [1.807, 2.05) is 13.1 Å². The molecule has 1 atom stereocenters. The van der Waals surface area contributed by atoms with E-state index in [0.29, 0.717) is 22.6 Å². The molecule has 0 bridgehead atoms. The molecule has 0 aliphatic carbocycles. The van der Waals surface area contributed by atoms with Crippen molar-refractivity contribution in [3.8, 4) is 11.5 Å². The van der Waals surface area contributed by atoms with Crippen molar-refractivity contribution in [1.29, 1.82) is 0 Å². The van der Waals surface area contributed by atoms with Gasteiger partial charge in [-0.05, 0) is 54.8 Å². The van der Waals surface area contributed by atoms with E-state index in [-0.39, 0.29) is 18.1 Å². The number of pyridine rings is 2. The van der Waals surface area contributed by atoms with Gasteiger partial charge in [-0.1, -0.05) is 6.07 Å². The number of carbonyl (C=O) groups is 1. The summed E-state index contributed by atoms with van der Waals surface area (Å²) in [7, 11) is 0. The number of nitrogens with one attached hydrogen (secondary N) is 2. The summed E-state index contributed by atoms with van der Waals surface area (Å²) in [5, 5.41) is 3.51. The van der Waals surface area contributed by atoms with Crippen LogP contribution in [0.5, 0.6) is 11.5 Å². The Balaban J connectivity index is 1.46. The van der Waals surface area contributed by atoms with Crippen molar-refractivity contribution in [3.05, 3.63) is 78.1 Å². The lowest BCUT2D eigenvalue weighted by Crippen LogP contribution is -2.37. The lowest BCUT2D eigenvalue weighted by molar-refractivity contribution is -0.117. The van der Waals surface area contributed by atoms with Crippen LogP contribution < -0.4 is 15.8 Å². The third-order valence-corrected chi connectivity index (χ3v) is 4.69. The molecule has 0 saturated carbocycles. The third kappa shape index (κ3) is 4.13. The highest BCUT2D eigenvalue weighted by Crippen LogP contribution is 2.32. The van der Waals surface area contributed by atoms with Crippen LogP contribution in [-0.2, 0) is 11.2 Å². The number of ether oxygens (including phenoxy) is 1. The molecule has 4 rings (SSSR count). The molecule has 4 aromatic rings. The minimum atomic E-state index is -0.827. The minimum absolute atomic E-state index is 0.0849. The summed E-state index contributed by atoms with van der Waals surface area (Å²) in [5.74, 6) is -0.295. The Bertz CT molecular complexity index is 1190. The van der Waals surface area contributed by atoms with Gasteiger partial charge in [-0.25, -0.2) is 9.37 Å². The second-order valence-corrected chi connectivity index (χ2v) is 6.91. The largest absolute Gasteiger partial charge is 0.453 e. The number of nitrogens with two attached hydrogens (primary N) is 1. The SMILES string of the molecule is Cc1c[nH]c2nccc(Oc3ccc(CC(N)C(=O)Nc4ccncc4)cc3F)c12. The summed E-state index contributed by atoms with van der Waals surface area (Å²) >= 11 is 0. The number of benzene rings is 1. The molecule has 3 aromatic heterocycles. The number of hydrogen-bond donors (Lipinski definition) is 3. The first-order chi connectivity index (χ1) is 14.5. The number of halogens is 1. The van der Waals surface area contributed by atoms with Crippen molar-refractivity contribution >= 4 is 22.6 Å². The van der Waals surface area contributed by atoms with Crippen LogP contribution in [0.1, 0.15) is 11.1 Å². The van der Waals surface area contributed by atoms with E-state index in [2.05, 4.69) is 20.3 Å². The first-order valence-corrected chi connectivity index (χ1v) is 9.36. The van der Waals surface area contributed by atoms with Gasteiger partial charge in [0.1, 0.15) is 11.4 Å². The Hall–Kier alpha value is -3.78. The fourth-order valence-corrected chi connectivity index (χ4v) is 3.16. The fourth-order valence-electron chi connectivity index (χ4n) is 3.16. The number of fused-ring (bicyclic) bond motifs is 1. The Morgan fingerprint density at radius 2 is 2.00 bits per heavy atom. The van der Waals surface area contributed by atoms with Crippen LogP contribution in [-0.4, -0.2) is 26.9 Å². The quantitative estimate of drug-likeness (QED) is 0.453. The van der Waals surface area contributed by atoms with Crippen LogP contribution >= 0.6 is 0 Å². The van der Waals surface area contributed by atoms with Crippen LogP contribution in [0.3, 0.4) is 0 Å². The van der Waals surface area contributed by atoms with Gasteiger partial charge in [0.25, 0.3) is 0 Å². The second-order valence-electron chi connectivity index (χ2n) is 6.91. The van der Waals surface area contributed by atoms with Crippen molar-refractivity contribution < 1.29 is 13.9 Å². The zero-order valence-electron chi connectivity index (χ0n) is 16.2. The zero-order valence-corrected chi connectivity index (χ0v) is 16.2. The minimum Gasteiger partial charge on any atom is -0.453 e. The Morgan fingerprint density at radius 1 is 1.20 bits per heavy atom. The molecule has 3 heterocycles. The Morgan fingerprint density at radius 3 is 2.77 bits per heavy atom. The number of rotatable bonds is 6. The molecule has 30 heavy (non-hydrogen) atoms. The maximum Gasteiger partial charge on any atom is 0.241 e. The monoisotopic (exact) mass is 405 g/mol. The number of anilines is 1. The highest BCUT2D eigenvalue weighted by molar-refractivity contribution is 5.94. The van der Waals surface area contributed by atoms with E-state index in [4.69, 9.17) is 10.5 Å². The number of aromatic nitrogens is 3. The number of aromatic amines is 1. The molecule has 8 heteroatoms. The molecule has 0 aliphatic heterocycles. The lowest BCUT2D eigenvalue weighted by atomic mass is 10.1. The molecule has 1 aromatic carbocycles. The third-order valence-electron chi connectivity index (χ3n) is 4.69. The van der Waals surface area contributed by atoms with E-state index in [1.54, 1.807) is 42.9 Å². The van der Waals surface area contributed by atoms with Gasteiger partial charge < -0.3 is 20.8 Å². The molecule has 0 aliphatic rings. The van der Waals surface area contributed by atoms with Gasteiger partial charge in [0, 0.05) is 30.5 Å². The van der Waals surface area contributed by atoms with Gasteiger partial charge in [-0.2, -0.15) is 0 Å². The van der Waals surface area contributed by atoms with Crippen molar-refractivity contribution in [2.24, 2.45) is 5.73 Å². The zero-order chi connectivity index (χ0) is 21.1. The van der Waals surface area contributed by atoms with Crippen molar-refractivity contribution in [3.63, 3.8) is 0 Å². The van der Waals surface area contributed by atoms with Gasteiger partial charge in [-0.15, -0.1) is 0 Å². The molecule has 4 N–H and O–H groups in total. The van der Waals surface area contributed by atoms with Crippen LogP contribution in [0, 0.1) is 12.7 Å². The summed E-state index contributed by atoms with van der Waals surface area (Å²) < 4.78 is 20.5. The Labute approximate surface area is 172 Å². The number of H-pyrrole nitrogens is 1. The average Bonchev–Trinajstić information content (AvgIpc) is 3.12. The molecule has 0 spiro atoms. The van der Waals surface area contributed by atoms with E-state index in [1.165, 1.54) is 12.1 Å². The van der Waals surface area contributed by atoms with Gasteiger partial charge >= 0.3 is 0 Å². The van der Waals surface area contributed by atoms with Crippen molar-refractivity contribution in [2.45, 2.75) is 19.4 Å². The lowest BCUT2D eigenvalue weighted by Gasteiger charge is -2.13. The highest BCUT2D eigenvalue weighted by atomic mass is 19.1. The standard InChI is InChI=1S/C22H20FN5O2/c1-13-12-27-21-20(13)19(6-9-26-21)30-18-3-2-14(10-16(18)23)11-17(24)22(29)28-15-4-7-25-8-5-15/h2-10,12,17H,11,24H2,1H3,(H,26,27)(H,25,28,29). The number of carbonyl (C=O) groups excluding carboxylic acids is 1. The van der Waals surface area contributed by atoms with E-state index < -0.39 is 11.9 Å². The molecule has 0 radical (unpaired) electrons. The molecule has 0 saturated heterocycles. The number of nitrogens with zero attached hydrogens (tertiary/aromatic N) is 2. The highest BCUT2D eigenvalue weighted by Gasteiger charge is 2.16. The summed E-state index contributed by atoms with van der Waals surface area (Å²) in [6, 6.07) is 8.75. The van der Waals surface area contributed by atoms with E-state index in [0.717, 1.165) is 10.9 Å². The van der Waals surface area contributed by atoms with Crippen molar-refractivity contribution in [2.75, 3.05) is 5.32 Å². The van der Waals surface area contributed by atoms with E-state index >= 15 is 0 Å². The summed E-state index contributed by atoms with van der Waals surface area (Å²) in [6.45, 7) is 1.92. The molecule has 1 unspecified atom stereocenters. The number of hydrogen-bond acceptors (Lipinski definition) is 5. The van der Waals surface area contributed by atoms with Crippen molar-refractivity contribution in [1.82, 2.24) is 15.0 Å². The summed E-state index contributed by atoms with van der Waals surface area (Å²) in [4.78, 5) is 23.4. The fraction of sp³-hybridized carbons (Fsp3) is 0.136. The maximum atomic E-state index is 14.7. The Kier molecular flexibility index (Phi) is 5.40. The molecule has 7 nitrogen and oxygen atoms in total. The molecular formula is C22H20FN5O2. The molecule has 0 fully saturated rings. The molecular weight excluding hydrogens is 385 g/mol. The molecule has 152 valence electrons. The molecule has 1 amide bonds.